The van der Waals surface area contributed by atoms with Crippen LogP contribution in [0.15, 0.2) is 33.9 Å². The van der Waals surface area contributed by atoms with E-state index in [1.807, 2.05) is 0 Å². The molecule has 3 N–H and O–H groups in total. The summed E-state index contributed by atoms with van der Waals surface area (Å²) in [4.78, 5) is 36.4. The number of aromatic nitrogens is 2. The third kappa shape index (κ3) is 2.80. The predicted octanol–water partition coefficient (Wildman–Crippen LogP) is 0.847. The molecule has 2 rings (SSSR count). The van der Waals surface area contributed by atoms with Gasteiger partial charge in [-0.25, -0.2) is 4.79 Å². The number of nitro groups is 1. The van der Waals surface area contributed by atoms with Crippen LogP contribution in [0.1, 0.15) is 11.3 Å². The second kappa shape index (κ2) is 5.22. The number of nitrogens with zero attached hydrogens (tertiary/aromatic N) is 1. The lowest BCUT2D eigenvalue weighted by atomic mass is 10.2. The SMILES string of the molecule is O=c1[nH]c(C=Cc2ccc(O)cc2)c([N+](=O)[O-])c(=O)[nH]1. The van der Waals surface area contributed by atoms with E-state index in [1.165, 1.54) is 24.3 Å². The van der Waals surface area contributed by atoms with Gasteiger partial charge in [0.2, 0.25) is 0 Å². The van der Waals surface area contributed by atoms with Gasteiger partial charge in [0.25, 0.3) is 0 Å². The number of H-pyrrole nitrogens is 2. The first kappa shape index (κ1) is 13.3. The van der Waals surface area contributed by atoms with Crippen LogP contribution in [0.25, 0.3) is 12.2 Å². The standard InChI is InChI=1S/C12H9N3O5/c16-8-4-1-7(2-5-8)3-6-9-10(15(19)20)11(17)14-12(18)13-9/h1-6,16H,(H2,13,14,17,18). The Morgan fingerprint density at radius 1 is 1.10 bits per heavy atom. The van der Waals surface area contributed by atoms with E-state index in [4.69, 9.17) is 5.11 Å². The van der Waals surface area contributed by atoms with Gasteiger partial charge in [0.1, 0.15) is 11.4 Å². The Morgan fingerprint density at radius 2 is 1.75 bits per heavy atom. The van der Waals surface area contributed by atoms with Gasteiger partial charge in [-0.05, 0) is 23.8 Å². The summed E-state index contributed by atoms with van der Waals surface area (Å²) < 4.78 is 0. The molecule has 0 saturated heterocycles. The van der Waals surface area contributed by atoms with E-state index in [1.54, 1.807) is 17.1 Å². The molecule has 2 aromatic rings. The molecule has 0 unspecified atom stereocenters. The molecule has 0 saturated carbocycles. The van der Waals surface area contributed by atoms with Crippen LogP contribution in [0.3, 0.4) is 0 Å². The van der Waals surface area contributed by atoms with Crippen molar-refractivity contribution in [3.63, 3.8) is 0 Å². The molecule has 0 radical (unpaired) electrons. The topological polar surface area (TPSA) is 129 Å². The van der Waals surface area contributed by atoms with E-state index in [-0.39, 0.29) is 11.4 Å². The molecule has 0 spiro atoms. The van der Waals surface area contributed by atoms with Gasteiger partial charge in [-0.3, -0.25) is 19.9 Å². The zero-order valence-corrected chi connectivity index (χ0v) is 9.99. The van der Waals surface area contributed by atoms with Crippen LogP contribution in [0.2, 0.25) is 0 Å². The van der Waals surface area contributed by atoms with Crippen LogP contribution < -0.4 is 11.2 Å². The first-order valence-electron chi connectivity index (χ1n) is 5.45. The minimum atomic E-state index is -1.07. The highest BCUT2D eigenvalue weighted by atomic mass is 16.6. The molecule has 1 aromatic heterocycles. The van der Waals surface area contributed by atoms with Crippen molar-refractivity contribution in [1.29, 1.82) is 0 Å². The first-order valence-corrected chi connectivity index (χ1v) is 5.45. The number of aromatic hydroxyl groups is 1. The van der Waals surface area contributed by atoms with Gasteiger partial charge in [0, 0.05) is 0 Å². The number of phenolic OH excluding ortho intramolecular Hbond substituents is 1. The van der Waals surface area contributed by atoms with Crippen LogP contribution >= 0.6 is 0 Å². The van der Waals surface area contributed by atoms with E-state index in [9.17, 15) is 19.7 Å². The van der Waals surface area contributed by atoms with Crippen molar-refractivity contribution in [2.24, 2.45) is 0 Å². The van der Waals surface area contributed by atoms with Crippen molar-refractivity contribution in [1.82, 2.24) is 9.97 Å². The molecule has 0 amide bonds. The number of aromatic amines is 2. The second-order valence-electron chi connectivity index (χ2n) is 3.85. The van der Waals surface area contributed by atoms with E-state index < -0.39 is 21.9 Å². The van der Waals surface area contributed by atoms with Crippen molar-refractivity contribution >= 4 is 17.8 Å². The molecular weight excluding hydrogens is 266 g/mol. The largest absolute Gasteiger partial charge is 0.508 e. The summed E-state index contributed by atoms with van der Waals surface area (Å²) in [6, 6.07) is 6.02. The third-order valence-corrected chi connectivity index (χ3v) is 2.46. The summed E-state index contributed by atoms with van der Waals surface area (Å²) in [5, 5.41) is 19.9. The summed E-state index contributed by atoms with van der Waals surface area (Å²) in [6.45, 7) is 0. The number of hydrogen-bond donors (Lipinski definition) is 3. The molecule has 0 bridgehead atoms. The van der Waals surface area contributed by atoms with Gasteiger partial charge in [-0.15, -0.1) is 0 Å². The van der Waals surface area contributed by atoms with Gasteiger partial charge < -0.3 is 10.1 Å². The predicted molar refractivity (Wildman–Crippen MR) is 71.4 cm³/mol. The van der Waals surface area contributed by atoms with Crippen molar-refractivity contribution in [2.45, 2.75) is 0 Å². The molecule has 0 aliphatic carbocycles. The first-order chi connectivity index (χ1) is 9.47. The molecule has 8 nitrogen and oxygen atoms in total. The molecule has 102 valence electrons. The van der Waals surface area contributed by atoms with Crippen LogP contribution in [0.5, 0.6) is 5.75 Å². The highest BCUT2D eigenvalue weighted by Crippen LogP contribution is 2.14. The summed E-state index contributed by atoms with van der Waals surface area (Å²) in [5.41, 5.74) is -2.19. The maximum Gasteiger partial charge on any atom is 0.357 e. The fourth-order valence-corrected chi connectivity index (χ4v) is 1.56. The third-order valence-electron chi connectivity index (χ3n) is 2.46. The summed E-state index contributed by atoms with van der Waals surface area (Å²) in [7, 11) is 0. The van der Waals surface area contributed by atoms with Gasteiger partial charge >= 0.3 is 16.9 Å². The summed E-state index contributed by atoms with van der Waals surface area (Å²) in [6.07, 6.45) is 2.72. The molecule has 1 heterocycles. The van der Waals surface area contributed by atoms with Gasteiger partial charge in [0.15, 0.2) is 0 Å². The lowest BCUT2D eigenvalue weighted by Gasteiger charge is -1.97. The number of nitrogens with one attached hydrogen (secondary N) is 2. The minimum absolute atomic E-state index is 0.0812. The smallest absolute Gasteiger partial charge is 0.357 e. The number of benzene rings is 1. The van der Waals surface area contributed by atoms with E-state index >= 15 is 0 Å². The lowest BCUT2D eigenvalue weighted by molar-refractivity contribution is -0.386. The quantitative estimate of drug-likeness (QED) is 0.564. The van der Waals surface area contributed by atoms with Gasteiger partial charge in [-0.1, -0.05) is 18.2 Å². The fraction of sp³-hybridized carbons (Fsp3) is 0. The van der Waals surface area contributed by atoms with Gasteiger partial charge in [-0.2, -0.15) is 0 Å². The minimum Gasteiger partial charge on any atom is -0.508 e. The second-order valence-corrected chi connectivity index (χ2v) is 3.85. The molecule has 20 heavy (non-hydrogen) atoms. The molecule has 0 aliphatic rings. The molecular formula is C12H9N3O5. The van der Waals surface area contributed by atoms with E-state index in [0.29, 0.717) is 5.56 Å². The molecule has 0 atom stereocenters. The Bertz CT molecular complexity index is 786. The zero-order chi connectivity index (χ0) is 14.7. The Morgan fingerprint density at radius 3 is 2.35 bits per heavy atom. The monoisotopic (exact) mass is 275 g/mol. The summed E-state index contributed by atoms with van der Waals surface area (Å²) >= 11 is 0. The van der Waals surface area contributed by atoms with Crippen LogP contribution in [0, 0.1) is 10.1 Å². The average Bonchev–Trinajstić information content (AvgIpc) is 2.36. The van der Waals surface area contributed by atoms with Crippen molar-refractivity contribution < 1.29 is 10.0 Å². The Hall–Kier alpha value is -3.16. The van der Waals surface area contributed by atoms with Crippen molar-refractivity contribution in [3.05, 3.63) is 66.5 Å². The van der Waals surface area contributed by atoms with Crippen molar-refractivity contribution in [3.8, 4) is 5.75 Å². The summed E-state index contributed by atoms with van der Waals surface area (Å²) in [5.74, 6) is 0.0812. The Balaban J connectivity index is 2.48. The van der Waals surface area contributed by atoms with Gasteiger partial charge in [0.05, 0.1) is 4.92 Å². The normalized spacial score (nSPS) is 10.8. The molecule has 8 heteroatoms. The highest BCUT2D eigenvalue weighted by Gasteiger charge is 2.18. The number of phenols is 1. The number of rotatable bonds is 3. The van der Waals surface area contributed by atoms with Crippen LogP contribution in [-0.2, 0) is 0 Å². The Kier molecular flexibility index (Phi) is 3.47. The maximum atomic E-state index is 11.4. The molecule has 1 aromatic carbocycles. The molecule has 0 aliphatic heterocycles. The zero-order valence-electron chi connectivity index (χ0n) is 9.99. The lowest BCUT2D eigenvalue weighted by Crippen LogP contribution is -2.25. The van der Waals surface area contributed by atoms with E-state index in [0.717, 1.165) is 0 Å². The number of hydrogen-bond acceptors (Lipinski definition) is 5. The highest BCUT2D eigenvalue weighted by molar-refractivity contribution is 5.71. The average molecular weight is 275 g/mol. The maximum absolute atomic E-state index is 11.4. The molecule has 0 fully saturated rings. The Labute approximate surface area is 111 Å². The van der Waals surface area contributed by atoms with Crippen molar-refractivity contribution in [2.75, 3.05) is 0 Å². The fourth-order valence-electron chi connectivity index (χ4n) is 1.56. The van der Waals surface area contributed by atoms with E-state index in [2.05, 4.69) is 4.98 Å². The van der Waals surface area contributed by atoms with Crippen LogP contribution in [0.4, 0.5) is 5.69 Å². The van der Waals surface area contributed by atoms with Crippen LogP contribution in [-0.4, -0.2) is 20.0 Å².